The molecule has 1 heterocycles. The minimum atomic E-state index is -0.388. The summed E-state index contributed by atoms with van der Waals surface area (Å²) in [5.41, 5.74) is 0. The minimum Gasteiger partial charge on any atom is -0.381 e. The van der Waals surface area contributed by atoms with Gasteiger partial charge >= 0.3 is 0 Å². The van der Waals surface area contributed by atoms with Crippen molar-refractivity contribution in [3.8, 4) is 0 Å². The predicted molar refractivity (Wildman–Crippen MR) is 63.6 cm³/mol. The van der Waals surface area contributed by atoms with E-state index in [0.717, 1.165) is 45.4 Å². The van der Waals surface area contributed by atoms with Gasteiger partial charge in [0.05, 0.1) is 0 Å². The number of rotatable bonds is 4. The van der Waals surface area contributed by atoms with E-state index in [4.69, 9.17) is 16.3 Å². The van der Waals surface area contributed by atoms with Gasteiger partial charge in [-0.3, -0.25) is 4.79 Å². The van der Waals surface area contributed by atoms with Crippen molar-refractivity contribution in [1.82, 2.24) is 4.90 Å². The Kier molecular flexibility index (Phi) is 4.09. The molecule has 1 aliphatic heterocycles. The number of halogens is 1. The number of hydrogen-bond acceptors (Lipinski definition) is 2. The Balaban J connectivity index is 1.89. The third-order valence-electron chi connectivity index (χ3n) is 3.41. The van der Waals surface area contributed by atoms with Crippen LogP contribution in [0, 0.1) is 5.92 Å². The topological polar surface area (TPSA) is 29.5 Å². The van der Waals surface area contributed by atoms with Gasteiger partial charge in [-0.2, -0.15) is 0 Å². The Morgan fingerprint density at radius 3 is 2.50 bits per heavy atom. The van der Waals surface area contributed by atoms with E-state index in [1.807, 2.05) is 4.90 Å². The fourth-order valence-corrected chi connectivity index (χ4v) is 2.37. The second-order valence-corrected chi connectivity index (χ2v) is 5.55. The Morgan fingerprint density at radius 2 is 2.00 bits per heavy atom. The molecule has 92 valence electrons. The third-order valence-corrected chi connectivity index (χ3v) is 3.59. The number of amides is 1. The van der Waals surface area contributed by atoms with Gasteiger partial charge in [-0.1, -0.05) is 0 Å². The molecule has 0 N–H and O–H groups in total. The van der Waals surface area contributed by atoms with Gasteiger partial charge in [-0.25, -0.2) is 0 Å². The quantitative estimate of drug-likeness (QED) is 0.710. The summed E-state index contributed by atoms with van der Waals surface area (Å²) >= 11 is 5.90. The van der Waals surface area contributed by atoms with E-state index in [-0.39, 0.29) is 11.3 Å². The first-order valence-electron chi connectivity index (χ1n) is 6.20. The van der Waals surface area contributed by atoms with E-state index in [2.05, 4.69) is 0 Å². The van der Waals surface area contributed by atoms with Crippen LogP contribution in [0.25, 0.3) is 0 Å². The summed E-state index contributed by atoms with van der Waals surface area (Å²) in [6.45, 7) is 4.33. The molecule has 1 amide bonds. The van der Waals surface area contributed by atoms with Gasteiger partial charge in [-0.15, -0.1) is 11.6 Å². The number of ether oxygens (including phenoxy) is 1. The molecule has 4 heteroatoms. The highest BCUT2D eigenvalue weighted by Gasteiger charge is 2.35. The molecule has 1 saturated heterocycles. The molecule has 1 saturated carbocycles. The standard InChI is InChI=1S/C12H20ClNO2/c1-9(13)12(15)14(11-2-3-11)8-10-4-6-16-7-5-10/h9-11H,2-8H2,1H3. The number of hydrogen-bond donors (Lipinski definition) is 0. The zero-order valence-electron chi connectivity index (χ0n) is 9.82. The van der Waals surface area contributed by atoms with Crippen molar-refractivity contribution in [2.75, 3.05) is 19.8 Å². The molecule has 16 heavy (non-hydrogen) atoms. The smallest absolute Gasteiger partial charge is 0.240 e. The van der Waals surface area contributed by atoms with Crippen molar-refractivity contribution in [2.24, 2.45) is 5.92 Å². The van der Waals surface area contributed by atoms with E-state index >= 15 is 0 Å². The minimum absolute atomic E-state index is 0.107. The van der Waals surface area contributed by atoms with Crippen LogP contribution in [0.5, 0.6) is 0 Å². The summed E-state index contributed by atoms with van der Waals surface area (Å²) in [5, 5.41) is -0.388. The average Bonchev–Trinajstić information content (AvgIpc) is 3.10. The van der Waals surface area contributed by atoms with E-state index < -0.39 is 0 Å². The van der Waals surface area contributed by atoms with Gasteiger partial charge < -0.3 is 9.64 Å². The van der Waals surface area contributed by atoms with Crippen molar-refractivity contribution in [3.63, 3.8) is 0 Å². The van der Waals surface area contributed by atoms with E-state index in [1.54, 1.807) is 6.92 Å². The van der Waals surface area contributed by atoms with Crippen LogP contribution in [0.3, 0.4) is 0 Å². The van der Waals surface area contributed by atoms with Gasteiger partial charge in [0, 0.05) is 25.8 Å². The molecule has 0 spiro atoms. The van der Waals surface area contributed by atoms with Crippen LogP contribution in [0.4, 0.5) is 0 Å². The van der Waals surface area contributed by atoms with Crippen molar-refractivity contribution in [3.05, 3.63) is 0 Å². The van der Waals surface area contributed by atoms with Crippen LogP contribution in [0.15, 0.2) is 0 Å². The van der Waals surface area contributed by atoms with Crippen molar-refractivity contribution in [1.29, 1.82) is 0 Å². The Bertz CT molecular complexity index is 247. The summed E-state index contributed by atoms with van der Waals surface area (Å²) < 4.78 is 5.34. The lowest BCUT2D eigenvalue weighted by Crippen LogP contribution is -2.41. The molecule has 1 unspecified atom stereocenters. The second-order valence-electron chi connectivity index (χ2n) is 4.89. The van der Waals surface area contributed by atoms with Gasteiger partial charge in [-0.05, 0) is 38.5 Å². The molecule has 0 aromatic rings. The highest BCUT2D eigenvalue weighted by Crippen LogP contribution is 2.30. The lowest BCUT2D eigenvalue weighted by Gasteiger charge is -2.30. The lowest BCUT2D eigenvalue weighted by atomic mass is 9.99. The molecule has 2 aliphatic rings. The number of carbonyl (C=O) groups is 1. The molecule has 0 aromatic heterocycles. The fourth-order valence-electron chi connectivity index (χ4n) is 2.24. The molecular formula is C12H20ClNO2. The molecule has 1 atom stereocenters. The van der Waals surface area contributed by atoms with E-state index in [0.29, 0.717) is 12.0 Å². The maximum Gasteiger partial charge on any atom is 0.240 e. The van der Waals surface area contributed by atoms with Crippen molar-refractivity contribution >= 4 is 17.5 Å². The summed E-state index contributed by atoms with van der Waals surface area (Å²) in [7, 11) is 0. The first-order valence-corrected chi connectivity index (χ1v) is 6.64. The average molecular weight is 246 g/mol. The first kappa shape index (κ1) is 12.2. The van der Waals surface area contributed by atoms with Crippen LogP contribution in [0.1, 0.15) is 32.6 Å². The summed E-state index contributed by atoms with van der Waals surface area (Å²) in [6, 6.07) is 0.469. The summed E-state index contributed by atoms with van der Waals surface area (Å²) in [4.78, 5) is 14.0. The third kappa shape index (κ3) is 3.11. The SMILES string of the molecule is CC(Cl)C(=O)N(CC1CCOCC1)C1CC1. The molecule has 2 rings (SSSR count). The molecule has 0 aromatic carbocycles. The first-order chi connectivity index (χ1) is 7.68. The highest BCUT2D eigenvalue weighted by molar-refractivity contribution is 6.30. The largest absolute Gasteiger partial charge is 0.381 e. The Labute approximate surface area is 102 Å². The number of alkyl halides is 1. The van der Waals surface area contributed by atoms with Crippen LogP contribution in [-0.2, 0) is 9.53 Å². The molecular weight excluding hydrogens is 226 g/mol. The van der Waals surface area contributed by atoms with Crippen LogP contribution in [-0.4, -0.2) is 42.0 Å². The maximum absolute atomic E-state index is 12.0. The van der Waals surface area contributed by atoms with E-state index in [1.165, 1.54) is 0 Å². The fraction of sp³-hybridized carbons (Fsp3) is 0.917. The second kappa shape index (κ2) is 5.37. The van der Waals surface area contributed by atoms with Gasteiger partial charge in [0.15, 0.2) is 0 Å². The number of carbonyl (C=O) groups excluding carboxylic acids is 1. The van der Waals surface area contributed by atoms with E-state index in [9.17, 15) is 4.79 Å². The molecule has 1 aliphatic carbocycles. The molecule has 0 radical (unpaired) electrons. The Morgan fingerprint density at radius 1 is 1.38 bits per heavy atom. The van der Waals surface area contributed by atoms with Crippen LogP contribution < -0.4 is 0 Å². The Hall–Kier alpha value is -0.280. The zero-order chi connectivity index (χ0) is 11.5. The molecule has 0 bridgehead atoms. The highest BCUT2D eigenvalue weighted by atomic mass is 35.5. The van der Waals surface area contributed by atoms with Gasteiger partial charge in [0.25, 0.3) is 0 Å². The normalized spacial score (nSPS) is 24.1. The maximum atomic E-state index is 12.0. The molecule has 2 fully saturated rings. The van der Waals surface area contributed by atoms with Crippen molar-refractivity contribution in [2.45, 2.75) is 44.0 Å². The van der Waals surface area contributed by atoms with Crippen LogP contribution in [0.2, 0.25) is 0 Å². The zero-order valence-corrected chi connectivity index (χ0v) is 10.6. The summed E-state index contributed by atoms with van der Waals surface area (Å²) in [6.07, 6.45) is 4.46. The monoisotopic (exact) mass is 245 g/mol. The molecule has 3 nitrogen and oxygen atoms in total. The predicted octanol–water partition coefficient (Wildman–Crippen LogP) is 2.03. The van der Waals surface area contributed by atoms with Crippen molar-refractivity contribution < 1.29 is 9.53 Å². The van der Waals surface area contributed by atoms with Gasteiger partial charge in [0.2, 0.25) is 5.91 Å². The van der Waals surface area contributed by atoms with Gasteiger partial charge in [0.1, 0.15) is 5.38 Å². The lowest BCUT2D eigenvalue weighted by molar-refractivity contribution is -0.132. The number of nitrogens with zero attached hydrogens (tertiary/aromatic N) is 1. The van der Waals surface area contributed by atoms with Crippen LogP contribution >= 0.6 is 11.6 Å². The summed E-state index contributed by atoms with van der Waals surface area (Å²) in [5.74, 6) is 0.712.